The molecule has 0 saturated carbocycles. The standard InChI is InChI=1S/C7H14FN/c1-7(8)4-2-3-5-9-6-7/h9H,2-6H2,1H3. The lowest BCUT2D eigenvalue weighted by Crippen LogP contribution is -2.31. The molecule has 54 valence electrons. The number of nitrogens with one attached hydrogen (secondary N) is 1. The van der Waals surface area contributed by atoms with E-state index in [-0.39, 0.29) is 0 Å². The Balaban J connectivity index is 2.36. The molecule has 2 heteroatoms. The highest BCUT2D eigenvalue weighted by Crippen LogP contribution is 2.19. The van der Waals surface area contributed by atoms with Gasteiger partial charge in [-0.05, 0) is 32.7 Å². The minimum atomic E-state index is -0.948. The second-order valence-electron chi connectivity index (χ2n) is 3.05. The molecule has 1 N–H and O–H groups in total. The smallest absolute Gasteiger partial charge is 0.120 e. The quantitative estimate of drug-likeness (QED) is 0.525. The van der Waals surface area contributed by atoms with Crippen LogP contribution >= 0.6 is 0 Å². The van der Waals surface area contributed by atoms with Crippen LogP contribution in [0, 0.1) is 0 Å². The van der Waals surface area contributed by atoms with Crippen molar-refractivity contribution in [3.63, 3.8) is 0 Å². The summed E-state index contributed by atoms with van der Waals surface area (Å²) in [5.74, 6) is 0. The van der Waals surface area contributed by atoms with Crippen molar-refractivity contribution in [2.24, 2.45) is 0 Å². The normalized spacial score (nSPS) is 38.0. The molecule has 0 radical (unpaired) electrons. The molecule has 1 rings (SSSR count). The van der Waals surface area contributed by atoms with Crippen LogP contribution in [0.1, 0.15) is 26.2 Å². The van der Waals surface area contributed by atoms with Gasteiger partial charge in [-0.1, -0.05) is 0 Å². The molecule has 1 nitrogen and oxygen atoms in total. The van der Waals surface area contributed by atoms with Gasteiger partial charge in [-0.2, -0.15) is 0 Å². The van der Waals surface area contributed by atoms with E-state index < -0.39 is 5.67 Å². The molecule has 1 heterocycles. The Bertz CT molecular complexity index is 80.9. The van der Waals surface area contributed by atoms with E-state index in [2.05, 4.69) is 5.32 Å². The summed E-state index contributed by atoms with van der Waals surface area (Å²) in [5.41, 5.74) is -0.948. The largest absolute Gasteiger partial charge is 0.314 e. The molecule has 1 unspecified atom stereocenters. The molecular formula is C7H14FN. The lowest BCUT2D eigenvalue weighted by molar-refractivity contribution is 0.179. The molecule has 0 aliphatic carbocycles. The van der Waals surface area contributed by atoms with Gasteiger partial charge in [-0.25, -0.2) is 4.39 Å². The molecular weight excluding hydrogens is 117 g/mol. The van der Waals surface area contributed by atoms with E-state index in [0.29, 0.717) is 6.54 Å². The first-order valence-electron chi connectivity index (χ1n) is 3.60. The van der Waals surface area contributed by atoms with Crippen molar-refractivity contribution in [2.45, 2.75) is 31.9 Å². The molecule has 1 atom stereocenters. The molecule has 0 bridgehead atoms. The maximum Gasteiger partial charge on any atom is 0.120 e. The first kappa shape index (κ1) is 7.00. The molecule has 1 aliphatic heterocycles. The van der Waals surface area contributed by atoms with E-state index in [0.717, 1.165) is 25.8 Å². The summed E-state index contributed by atoms with van der Waals surface area (Å²) < 4.78 is 13.1. The molecule has 0 aromatic rings. The van der Waals surface area contributed by atoms with E-state index in [1.54, 1.807) is 6.92 Å². The fourth-order valence-corrected chi connectivity index (χ4v) is 1.18. The fraction of sp³-hybridized carbons (Fsp3) is 1.00. The SMILES string of the molecule is CC1(F)CCCCNC1. The number of hydrogen-bond donors (Lipinski definition) is 1. The minimum absolute atomic E-state index is 0.535. The van der Waals surface area contributed by atoms with Crippen LogP contribution in [0.4, 0.5) is 4.39 Å². The zero-order valence-electron chi connectivity index (χ0n) is 5.91. The lowest BCUT2D eigenvalue weighted by Gasteiger charge is -2.16. The average Bonchev–Trinajstić information content (AvgIpc) is 1.92. The Morgan fingerprint density at radius 3 is 3.00 bits per heavy atom. The van der Waals surface area contributed by atoms with Crippen LogP contribution in [-0.4, -0.2) is 18.8 Å². The van der Waals surface area contributed by atoms with Crippen LogP contribution in [-0.2, 0) is 0 Å². The van der Waals surface area contributed by atoms with Crippen molar-refractivity contribution in [3.8, 4) is 0 Å². The van der Waals surface area contributed by atoms with Crippen LogP contribution in [0.25, 0.3) is 0 Å². The van der Waals surface area contributed by atoms with Crippen molar-refractivity contribution >= 4 is 0 Å². The average molecular weight is 131 g/mol. The van der Waals surface area contributed by atoms with Gasteiger partial charge >= 0.3 is 0 Å². The lowest BCUT2D eigenvalue weighted by atomic mass is 10.0. The molecule has 0 aromatic carbocycles. The molecule has 0 spiro atoms. The maximum atomic E-state index is 13.1. The Labute approximate surface area is 55.6 Å². The van der Waals surface area contributed by atoms with E-state index in [1.807, 2.05) is 0 Å². The highest BCUT2D eigenvalue weighted by molar-refractivity contribution is 4.78. The summed E-state index contributed by atoms with van der Waals surface area (Å²) in [5, 5.41) is 3.06. The molecule has 1 fully saturated rings. The summed E-state index contributed by atoms with van der Waals surface area (Å²) in [6.07, 6.45) is 2.87. The zero-order chi connectivity index (χ0) is 6.74. The highest BCUT2D eigenvalue weighted by atomic mass is 19.1. The topological polar surface area (TPSA) is 12.0 Å². The van der Waals surface area contributed by atoms with Crippen molar-refractivity contribution in [3.05, 3.63) is 0 Å². The predicted octanol–water partition coefficient (Wildman–Crippen LogP) is 1.49. The molecule has 9 heavy (non-hydrogen) atoms. The van der Waals surface area contributed by atoms with E-state index in [1.165, 1.54) is 0 Å². The zero-order valence-corrected chi connectivity index (χ0v) is 5.91. The number of hydrogen-bond acceptors (Lipinski definition) is 1. The molecule has 1 aliphatic rings. The summed E-state index contributed by atoms with van der Waals surface area (Å²) in [6.45, 7) is 3.19. The van der Waals surface area contributed by atoms with Gasteiger partial charge in [0.25, 0.3) is 0 Å². The van der Waals surface area contributed by atoms with Gasteiger partial charge in [-0.15, -0.1) is 0 Å². The Morgan fingerprint density at radius 1 is 1.44 bits per heavy atom. The first-order valence-corrected chi connectivity index (χ1v) is 3.60. The summed E-state index contributed by atoms with van der Waals surface area (Å²) in [6, 6.07) is 0. The highest BCUT2D eigenvalue weighted by Gasteiger charge is 2.23. The fourth-order valence-electron chi connectivity index (χ4n) is 1.18. The molecule has 0 amide bonds. The molecule has 1 saturated heterocycles. The van der Waals surface area contributed by atoms with Gasteiger partial charge in [0.2, 0.25) is 0 Å². The monoisotopic (exact) mass is 131 g/mol. The van der Waals surface area contributed by atoms with Crippen molar-refractivity contribution in [1.29, 1.82) is 0 Å². The van der Waals surface area contributed by atoms with Gasteiger partial charge in [0.15, 0.2) is 0 Å². The third-order valence-electron chi connectivity index (χ3n) is 1.80. The van der Waals surface area contributed by atoms with Crippen LogP contribution in [0.2, 0.25) is 0 Å². The van der Waals surface area contributed by atoms with Crippen LogP contribution in [0.3, 0.4) is 0 Å². The van der Waals surface area contributed by atoms with Crippen LogP contribution < -0.4 is 5.32 Å². The number of alkyl halides is 1. The second-order valence-corrected chi connectivity index (χ2v) is 3.05. The van der Waals surface area contributed by atoms with Gasteiger partial charge in [-0.3, -0.25) is 0 Å². The van der Waals surface area contributed by atoms with Gasteiger partial charge in [0.05, 0.1) is 0 Å². The third-order valence-corrected chi connectivity index (χ3v) is 1.80. The Morgan fingerprint density at radius 2 is 2.22 bits per heavy atom. The van der Waals surface area contributed by atoms with Crippen molar-refractivity contribution < 1.29 is 4.39 Å². The van der Waals surface area contributed by atoms with Gasteiger partial charge in [0.1, 0.15) is 5.67 Å². The van der Waals surface area contributed by atoms with Crippen molar-refractivity contribution in [1.82, 2.24) is 5.32 Å². The van der Waals surface area contributed by atoms with Gasteiger partial charge < -0.3 is 5.32 Å². The van der Waals surface area contributed by atoms with Gasteiger partial charge in [0, 0.05) is 6.54 Å². The number of halogens is 1. The Hall–Kier alpha value is -0.110. The third kappa shape index (κ3) is 2.31. The summed E-state index contributed by atoms with van der Waals surface area (Å²) >= 11 is 0. The predicted molar refractivity (Wildman–Crippen MR) is 36.2 cm³/mol. The van der Waals surface area contributed by atoms with Crippen LogP contribution in [0.5, 0.6) is 0 Å². The van der Waals surface area contributed by atoms with E-state index >= 15 is 0 Å². The summed E-state index contributed by atoms with van der Waals surface area (Å²) in [7, 11) is 0. The number of rotatable bonds is 0. The Kier molecular flexibility index (Phi) is 2.06. The summed E-state index contributed by atoms with van der Waals surface area (Å²) in [4.78, 5) is 0. The second kappa shape index (κ2) is 2.65. The van der Waals surface area contributed by atoms with E-state index in [9.17, 15) is 4.39 Å². The first-order chi connectivity index (χ1) is 4.21. The van der Waals surface area contributed by atoms with Crippen molar-refractivity contribution in [2.75, 3.05) is 13.1 Å². The minimum Gasteiger partial charge on any atom is -0.314 e. The van der Waals surface area contributed by atoms with E-state index in [4.69, 9.17) is 0 Å². The molecule has 0 aromatic heterocycles. The van der Waals surface area contributed by atoms with Crippen LogP contribution in [0.15, 0.2) is 0 Å². The maximum absolute atomic E-state index is 13.1.